The van der Waals surface area contributed by atoms with Crippen molar-refractivity contribution in [2.75, 3.05) is 0 Å². The average Bonchev–Trinajstić information content (AvgIpc) is 2.51. The second-order valence-electron chi connectivity index (χ2n) is 7.28. The summed E-state index contributed by atoms with van der Waals surface area (Å²) in [4.78, 5) is 37.6. The first-order chi connectivity index (χ1) is 11.8. The number of amides is 1. The molecule has 0 aromatic heterocycles. The Balaban J connectivity index is 3.16. The van der Waals surface area contributed by atoms with Crippen molar-refractivity contribution in [2.24, 2.45) is 5.73 Å². The van der Waals surface area contributed by atoms with Crippen molar-refractivity contribution in [3.63, 3.8) is 0 Å². The zero-order valence-electron chi connectivity index (χ0n) is 15.6. The number of nitrogens with zero attached hydrogens (tertiary/aromatic N) is 1. The first kappa shape index (κ1) is 21.6. The summed E-state index contributed by atoms with van der Waals surface area (Å²) in [5.74, 6) is -3.58. The number of halogens is 1. The number of carbonyl (C=O) groups excluding carboxylic acids is 2. The summed E-state index contributed by atoms with van der Waals surface area (Å²) in [7, 11) is 0. The van der Waals surface area contributed by atoms with E-state index in [9.17, 15) is 23.9 Å². The molecule has 0 aliphatic carbocycles. The van der Waals surface area contributed by atoms with Gasteiger partial charge in [-0.1, -0.05) is 12.1 Å². The van der Waals surface area contributed by atoms with Gasteiger partial charge in [0.25, 0.3) is 5.91 Å². The Kier molecular flexibility index (Phi) is 6.49. The predicted molar refractivity (Wildman–Crippen MR) is 92.5 cm³/mol. The molecule has 8 heteroatoms. The molecule has 144 valence electrons. The summed E-state index contributed by atoms with van der Waals surface area (Å²) in [5, 5.41) is 9.30. The van der Waals surface area contributed by atoms with Gasteiger partial charge in [-0.3, -0.25) is 4.79 Å². The quantitative estimate of drug-likeness (QED) is 0.584. The van der Waals surface area contributed by atoms with E-state index in [2.05, 4.69) is 0 Å². The lowest BCUT2D eigenvalue weighted by atomic mass is 9.99. The molecule has 1 rings (SSSR count). The normalized spacial score (nSPS) is 14.9. The van der Waals surface area contributed by atoms with Crippen LogP contribution in [-0.2, 0) is 25.7 Å². The van der Waals surface area contributed by atoms with Crippen LogP contribution in [0.1, 0.15) is 40.2 Å². The van der Waals surface area contributed by atoms with Crippen LogP contribution >= 0.6 is 0 Å². The van der Waals surface area contributed by atoms with Gasteiger partial charge in [-0.2, -0.15) is 0 Å². The van der Waals surface area contributed by atoms with Crippen LogP contribution in [0.5, 0.6) is 0 Å². The number of carboxylic acids is 1. The Morgan fingerprint density at radius 1 is 1.19 bits per heavy atom. The van der Waals surface area contributed by atoms with Gasteiger partial charge in [0, 0.05) is 6.54 Å². The molecule has 0 heterocycles. The SMILES string of the molecule is C[C@@H](C(=O)O)N(Cc1ccc(F)cc1)C(=O)C(C)(N)C(=O)OC(C)(C)C. The molecule has 0 spiro atoms. The molecule has 0 saturated heterocycles. The fraction of sp³-hybridized carbons (Fsp3) is 0.500. The second-order valence-corrected chi connectivity index (χ2v) is 7.28. The number of esters is 1. The molecule has 7 nitrogen and oxygen atoms in total. The largest absolute Gasteiger partial charge is 0.480 e. The Morgan fingerprint density at radius 2 is 1.69 bits per heavy atom. The van der Waals surface area contributed by atoms with Crippen molar-refractivity contribution >= 4 is 17.8 Å². The van der Waals surface area contributed by atoms with Gasteiger partial charge in [0.1, 0.15) is 17.5 Å². The number of carbonyl (C=O) groups is 3. The van der Waals surface area contributed by atoms with Crippen LogP contribution in [-0.4, -0.2) is 45.0 Å². The molecule has 1 aromatic carbocycles. The topological polar surface area (TPSA) is 110 Å². The van der Waals surface area contributed by atoms with Crippen LogP contribution in [0.4, 0.5) is 4.39 Å². The number of aliphatic carboxylic acids is 1. The van der Waals surface area contributed by atoms with Gasteiger partial charge >= 0.3 is 11.9 Å². The number of rotatable bonds is 6. The molecule has 0 aliphatic rings. The molecule has 1 aromatic rings. The van der Waals surface area contributed by atoms with Gasteiger partial charge in [-0.25, -0.2) is 14.0 Å². The number of ether oxygens (including phenoxy) is 1. The predicted octanol–water partition coefficient (Wildman–Crippen LogP) is 1.69. The molecule has 1 unspecified atom stereocenters. The number of hydrogen-bond acceptors (Lipinski definition) is 5. The second kappa shape index (κ2) is 7.82. The minimum absolute atomic E-state index is 0.151. The fourth-order valence-corrected chi connectivity index (χ4v) is 2.07. The third kappa shape index (κ3) is 5.52. The Hall–Kier alpha value is -2.48. The molecule has 0 fully saturated rings. The fourth-order valence-electron chi connectivity index (χ4n) is 2.07. The lowest BCUT2D eigenvalue weighted by Crippen LogP contribution is -2.62. The van der Waals surface area contributed by atoms with Crippen LogP contribution < -0.4 is 5.73 Å². The van der Waals surface area contributed by atoms with Crippen molar-refractivity contribution in [1.29, 1.82) is 0 Å². The standard InChI is InChI=1S/C18H25FN2O5/c1-11(14(22)23)21(10-12-6-8-13(19)9-7-12)15(24)18(5,20)16(25)26-17(2,3)4/h6-9,11H,10,20H2,1-5H3,(H,22,23)/t11-,18?/m0/s1. The average molecular weight is 368 g/mol. The van der Waals surface area contributed by atoms with Gasteiger partial charge < -0.3 is 20.5 Å². The highest BCUT2D eigenvalue weighted by molar-refractivity contribution is 6.07. The molecule has 0 radical (unpaired) electrons. The number of nitrogens with two attached hydrogens (primary N) is 1. The highest BCUT2D eigenvalue weighted by Crippen LogP contribution is 2.19. The van der Waals surface area contributed by atoms with Crippen LogP contribution in [0.3, 0.4) is 0 Å². The van der Waals surface area contributed by atoms with E-state index in [4.69, 9.17) is 10.5 Å². The third-order valence-electron chi connectivity index (χ3n) is 3.62. The summed E-state index contributed by atoms with van der Waals surface area (Å²) in [6, 6.07) is 3.98. The maximum Gasteiger partial charge on any atom is 0.336 e. The monoisotopic (exact) mass is 368 g/mol. The number of benzene rings is 1. The molecular weight excluding hydrogens is 343 g/mol. The lowest BCUT2D eigenvalue weighted by Gasteiger charge is -2.34. The lowest BCUT2D eigenvalue weighted by molar-refractivity contribution is -0.168. The summed E-state index contributed by atoms with van der Waals surface area (Å²) in [5.41, 5.74) is 3.47. The zero-order valence-corrected chi connectivity index (χ0v) is 15.6. The number of carboxylic acid groups (broad SMARTS) is 1. The van der Waals surface area contributed by atoms with E-state index in [-0.39, 0.29) is 6.54 Å². The van der Waals surface area contributed by atoms with E-state index in [1.54, 1.807) is 20.8 Å². The molecular formula is C18H25FN2O5. The molecule has 26 heavy (non-hydrogen) atoms. The Labute approximate surface area is 151 Å². The molecule has 0 aliphatic heterocycles. The van der Waals surface area contributed by atoms with Crippen molar-refractivity contribution in [3.8, 4) is 0 Å². The summed E-state index contributed by atoms with van der Waals surface area (Å²) in [6.45, 7) is 7.21. The van der Waals surface area contributed by atoms with Gasteiger partial charge in [0.15, 0.2) is 5.54 Å². The highest BCUT2D eigenvalue weighted by Gasteiger charge is 2.45. The van der Waals surface area contributed by atoms with Crippen LogP contribution in [0.2, 0.25) is 0 Å². The maximum absolute atomic E-state index is 13.1. The molecule has 1 amide bonds. The van der Waals surface area contributed by atoms with Crippen molar-refractivity contribution in [1.82, 2.24) is 4.90 Å². The smallest absolute Gasteiger partial charge is 0.336 e. The van der Waals surface area contributed by atoms with Crippen LogP contribution in [0.15, 0.2) is 24.3 Å². The van der Waals surface area contributed by atoms with E-state index < -0.39 is 40.8 Å². The maximum atomic E-state index is 13.1. The Morgan fingerprint density at radius 3 is 2.12 bits per heavy atom. The third-order valence-corrected chi connectivity index (χ3v) is 3.62. The Bertz CT molecular complexity index is 680. The van der Waals surface area contributed by atoms with E-state index in [1.807, 2.05) is 0 Å². The van der Waals surface area contributed by atoms with E-state index in [1.165, 1.54) is 38.1 Å². The first-order valence-corrected chi connectivity index (χ1v) is 8.06. The van der Waals surface area contributed by atoms with Crippen molar-refractivity contribution in [2.45, 2.75) is 58.3 Å². The molecule has 0 saturated carbocycles. The van der Waals surface area contributed by atoms with Gasteiger partial charge in [-0.05, 0) is 52.3 Å². The van der Waals surface area contributed by atoms with Crippen LogP contribution in [0.25, 0.3) is 0 Å². The minimum Gasteiger partial charge on any atom is -0.480 e. The van der Waals surface area contributed by atoms with Crippen molar-refractivity contribution < 1.29 is 28.6 Å². The van der Waals surface area contributed by atoms with Crippen molar-refractivity contribution in [3.05, 3.63) is 35.6 Å². The van der Waals surface area contributed by atoms with Gasteiger partial charge in [0.05, 0.1) is 0 Å². The first-order valence-electron chi connectivity index (χ1n) is 8.06. The molecule has 0 bridgehead atoms. The summed E-state index contributed by atoms with van der Waals surface area (Å²) >= 11 is 0. The van der Waals surface area contributed by atoms with Crippen LogP contribution in [0, 0.1) is 5.82 Å². The van der Waals surface area contributed by atoms with E-state index in [0.717, 1.165) is 4.90 Å². The van der Waals surface area contributed by atoms with Gasteiger partial charge in [0.2, 0.25) is 0 Å². The zero-order chi connectivity index (χ0) is 20.3. The molecule has 2 atom stereocenters. The van der Waals surface area contributed by atoms with Gasteiger partial charge in [-0.15, -0.1) is 0 Å². The molecule has 3 N–H and O–H groups in total. The highest BCUT2D eigenvalue weighted by atomic mass is 19.1. The minimum atomic E-state index is -2.07. The number of hydrogen-bond donors (Lipinski definition) is 2. The summed E-state index contributed by atoms with van der Waals surface area (Å²) < 4.78 is 18.2. The van der Waals surface area contributed by atoms with E-state index in [0.29, 0.717) is 5.56 Å². The summed E-state index contributed by atoms with van der Waals surface area (Å²) in [6.07, 6.45) is 0. The van der Waals surface area contributed by atoms with E-state index >= 15 is 0 Å².